The van der Waals surface area contributed by atoms with Gasteiger partial charge in [-0.1, -0.05) is 12.1 Å². The second-order valence-electron chi connectivity index (χ2n) is 6.92. The molecule has 1 aromatic carbocycles. The molecular formula is C19H28N2O3. The third-order valence-corrected chi connectivity index (χ3v) is 5.28. The fourth-order valence-electron chi connectivity index (χ4n) is 3.80. The maximum Gasteiger partial charge on any atom is 0.251 e. The molecule has 1 aromatic rings. The first-order valence-corrected chi connectivity index (χ1v) is 8.87. The van der Waals surface area contributed by atoms with Crippen molar-refractivity contribution >= 4 is 5.91 Å². The lowest BCUT2D eigenvalue weighted by Gasteiger charge is -2.49. The molecule has 0 aromatic heterocycles. The minimum Gasteiger partial charge on any atom is -0.497 e. The fraction of sp³-hybridized carbons (Fsp3) is 0.632. The number of carbonyl (C=O) groups excluding carboxylic acids is 1. The standard InChI is InChI=1S/C19H28N2O3/c1-4-21-14-19(24-15(2)18(21)22)9-11-20(12-10-19)13-16-5-7-17(23-3)8-6-16/h5-8,15H,4,9-14H2,1-3H3/t15-/m0/s1. The van der Waals surface area contributed by atoms with Gasteiger partial charge in [0.25, 0.3) is 5.91 Å². The summed E-state index contributed by atoms with van der Waals surface area (Å²) in [5, 5.41) is 0. The molecule has 1 atom stereocenters. The van der Waals surface area contributed by atoms with E-state index in [1.54, 1.807) is 7.11 Å². The van der Waals surface area contributed by atoms with Crippen LogP contribution in [0.1, 0.15) is 32.3 Å². The Morgan fingerprint density at radius 2 is 1.92 bits per heavy atom. The van der Waals surface area contributed by atoms with Gasteiger partial charge in [0.05, 0.1) is 12.7 Å². The normalized spacial score (nSPS) is 24.4. The molecule has 2 aliphatic heterocycles. The zero-order valence-electron chi connectivity index (χ0n) is 15.0. The molecule has 0 saturated carbocycles. The first-order chi connectivity index (χ1) is 11.5. The van der Waals surface area contributed by atoms with Crippen LogP contribution in [-0.2, 0) is 16.1 Å². The smallest absolute Gasteiger partial charge is 0.251 e. The van der Waals surface area contributed by atoms with Crippen molar-refractivity contribution < 1.29 is 14.3 Å². The van der Waals surface area contributed by atoms with Gasteiger partial charge in [0, 0.05) is 32.7 Å². The van der Waals surface area contributed by atoms with E-state index in [9.17, 15) is 4.79 Å². The molecule has 3 rings (SSSR count). The highest BCUT2D eigenvalue weighted by Crippen LogP contribution is 2.33. The lowest BCUT2D eigenvalue weighted by molar-refractivity contribution is -0.189. The van der Waals surface area contributed by atoms with E-state index in [0.717, 1.165) is 51.3 Å². The molecule has 0 radical (unpaired) electrons. The highest BCUT2D eigenvalue weighted by atomic mass is 16.5. The Balaban J connectivity index is 1.57. The van der Waals surface area contributed by atoms with E-state index < -0.39 is 0 Å². The number of piperidine rings is 1. The van der Waals surface area contributed by atoms with E-state index >= 15 is 0 Å². The molecule has 2 heterocycles. The van der Waals surface area contributed by atoms with Crippen molar-refractivity contribution in [3.63, 3.8) is 0 Å². The number of rotatable bonds is 4. The number of hydrogen-bond donors (Lipinski definition) is 0. The molecule has 5 heteroatoms. The third-order valence-electron chi connectivity index (χ3n) is 5.28. The molecule has 2 aliphatic rings. The first kappa shape index (κ1) is 17.2. The molecule has 24 heavy (non-hydrogen) atoms. The highest BCUT2D eigenvalue weighted by Gasteiger charge is 2.44. The number of morpholine rings is 1. The molecule has 2 saturated heterocycles. The van der Waals surface area contributed by atoms with Crippen LogP contribution in [0.4, 0.5) is 0 Å². The van der Waals surface area contributed by atoms with Crippen molar-refractivity contribution in [2.45, 2.75) is 44.9 Å². The summed E-state index contributed by atoms with van der Waals surface area (Å²) < 4.78 is 11.4. The van der Waals surface area contributed by atoms with E-state index in [-0.39, 0.29) is 17.6 Å². The summed E-state index contributed by atoms with van der Waals surface area (Å²) in [4.78, 5) is 16.5. The van der Waals surface area contributed by atoms with Crippen molar-refractivity contribution in [2.24, 2.45) is 0 Å². The monoisotopic (exact) mass is 332 g/mol. The predicted octanol–water partition coefficient (Wildman–Crippen LogP) is 2.30. The van der Waals surface area contributed by atoms with E-state index in [1.807, 2.05) is 30.9 Å². The average Bonchev–Trinajstić information content (AvgIpc) is 2.61. The number of hydrogen-bond acceptors (Lipinski definition) is 4. The van der Waals surface area contributed by atoms with Crippen molar-refractivity contribution in [1.29, 1.82) is 0 Å². The van der Waals surface area contributed by atoms with Gasteiger partial charge >= 0.3 is 0 Å². The van der Waals surface area contributed by atoms with Crippen LogP contribution < -0.4 is 4.74 Å². The fourth-order valence-corrected chi connectivity index (χ4v) is 3.80. The molecule has 0 aliphatic carbocycles. The van der Waals surface area contributed by atoms with Crippen molar-refractivity contribution in [3.05, 3.63) is 29.8 Å². The number of benzene rings is 1. The molecule has 0 N–H and O–H groups in total. The Morgan fingerprint density at radius 1 is 1.25 bits per heavy atom. The van der Waals surface area contributed by atoms with Gasteiger partial charge in [-0.15, -0.1) is 0 Å². The van der Waals surface area contributed by atoms with Crippen LogP contribution in [-0.4, -0.2) is 60.7 Å². The number of methoxy groups -OCH3 is 1. The summed E-state index contributed by atoms with van der Waals surface area (Å²) in [6.45, 7) is 8.39. The molecule has 0 bridgehead atoms. The van der Waals surface area contributed by atoms with Gasteiger partial charge in [0.2, 0.25) is 0 Å². The predicted molar refractivity (Wildman–Crippen MR) is 93.0 cm³/mol. The first-order valence-electron chi connectivity index (χ1n) is 8.87. The summed E-state index contributed by atoms with van der Waals surface area (Å²) in [7, 11) is 1.69. The van der Waals surface area contributed by atoms with Gasteiger partial charge in [-0.3, -0.25) is 9.69 Å². The summed E-state index contributed by atoms with van der Waals surface area (Å²) >= 11 is 0. The van der Waals surface area contributed by atoms with E-state index in [0.29, 0.717) is 0 Å². The Morgan fingerprint density at radius 3 is 2.50 bits per heavy atom. The molecule has 5 nitrogen and oxygen atoms in total. The third kappa shape index (κ3) is 3.57. The number of likely N-dealkylation sites (N-methyl/N-ethyl adjacent to an activating group) is 1. The van der Waals surface area contributed by atoms with Gasteiger partial charge in [0.15, 0.2) is 0 Å². The Labute approximate surface area is 144 Å². The number of ether oxygens (including phenoxy) is 2. The molecule has 1 spiro atoms. The topological polar surface area (TPSA) is 42.0 Å². The van der Waals surface area contributed by atoms with Crippen LogP contribution in [0.5, 0.6) is 5.75 Å². The number of nitrogens with zero attached hydrogens (tertiary/aromatic N) is 2. The Kier molecular flexibility index (Phi) is 5.11. The van der Waals surface area contributed by atoms with Crippen LogP contribution in [0, 0.1) is 0 Å². The SMILES string of the molecule is CCN1CC2(CCN(Cc3ccc(OC)cc3)CC2)O[C@@H](C)C1=O. The summed E-state index contributed by atoms with van der Waals surface area (Å²) in [5.74, 6) is 1.02. The molecule has 2 fully saturated rings. The van der Waals surface area contributed by atoms with Gasteiger partial charge in [0.1, 0.15) is 11.9 Å². The second kappa shape index (κ2) is 7.11. The zero-order valence-corrected chi connectivity index (χ0v) is 15.0. The number of likely N-dealkylation sites (tertiary alicyclic amines) is 1. The Hall–Kier alpha value is -1.59. The second-order valence-corrected chi connectivity index (χ2v) is 6.92. The van der Waals surface area contributed by atoms with Crippen LogP contribution in [0.25, 0.3) is 0 Å². The van der Waals surface area contributed by atoms with Crippen LogP contribution in [0.3, 0.4) is 0 Å². The maximum atomic E-state index is 12.1. The Bertz CT molecular complexity index is 564. The molecule has 1 amide bonds. The van der Waals surface area contributed by atoms with Crippen molar-refractivity contribution in [3.8, 4) is 5.75 Å². The van der Waals surface area contributed by atoms with Gasteiger partial charge in [-0.25, -0.2) is 0 Å². The zero-order chi connectivity index (χ0) is 17.2. The molecule has 0 unspecified atom stereocenters. The van der Waals surface area contributed by atoms with E-state index in [1.165, 1.54) is 5.56 Å². The minimum atomic E-state index is -0.313. The average molecular weight is 332 g/mol. The maximum absolute atomic E-state index is 12.1. The number of carbonyl (C=O) groups is 1. The molecule has 132 valence electrons. The minimum absolute atomic E-state index is 0.129. The van der Waals surface area contributed by atoms with Crippen LogP contribution >= 0.6 is 0 Å². The molecular weight excluding hydrogens is 304 g/mol. The van der Waals surface area contributed by atoms with Crippen LogP contribution in [0.15, 0.2) is 24.3 Å². The van der Waals surface area contributed by atoms with Gasteiger partial charge < -0.3 is 14.4 Å². The summed E-state index contributed by atoms with van der Waals surface area (Å²) in [5.41, 5.74) is 1.15. The lowest BCUT2D eigenvalue weighted by atomic mass is 9.88. The van der Waals surface area contributed by atoms with Crippen molar-refractivity contribution in [1.82, 2.24) is 9.80 Å². The number of amides is 1. The quantitative estimate of drug-likeness (QED) is 0.848. The van der Waals surface area contributed by atoms with E-state index in [2.05, 4.69) is 17.0 Å². The summed E-state index contributed by atoms with van der Waals surface area (Å²) in [6.07, 6.45) is 1.65. The highest BCUT2D eigenvalue weighted by molar-refractivity contribution is 5.81. The van der Waals surface area contributed by atoms with Crippen LogP contribution in [0.2, 0.25) is 0 Å². The lowest BCUT2D eigenvalue weighted by Crippen LogP contribution is -2.61. The van der Waals surface area contributed by atoms with Crippen molar-refractivity contribution in [2.75, 3.05) is 33.3 Å². The summed E-state index contributed by atoms with van der Waals surface area (Å²) in [6, 6.07) is 8.27. The largest absolute Gasteiger partial charge is 0.497 e. The van der Waals surface area contributed by atoms with E-state index in [4.69, 9.17) is 9.47 Å². The van der Waals surface area contributed by atoms with Gasteiger partial charge in [-0.2, -0.15) is 0 Å². The van der Waals surface area contributed by atoms with Gasteiger partial charge in [-0.05, 0) is 44.4 Å².